The largest absolute Gasteiger partial charge is 0.481 e. The first-order valence-corrected chi connectivity index (χ1v) is 17.8. The van der Waals surface area contributed by atoms with E-state index in [1.54, 1.807) is 39.1 Å². The molecular weight excluding hydrogens is 713 g/mol. The fourth-order valence-electron chi connectivity index (χ4n) is 5.69. The van der Waals surface area contributed by atoms with Crippen molar-refractivity contribution >= 4 is 41.8 Å². The number of piperazine rings is 1. The second-order valence-electron chi connectivity index (χ2n) is 12.5. The minimum atomic E-state index is -1.52. The van der Waals surface area contributed by atoms with E-state index in [1.165, 1.54) is 4.68 Å². The highest BCUT2D eigenvalue weighted by molar-refractivity contribution is 6.00. The predicted molar refractivity (Wildman–Crippen MR) is 189 cm³/mol. The van der Waals surface area contributed by atoms with Gasteiger partial charge < -0.3 is 46.0 Å². The Kier molecular flexibility index (Phi) is 16.6. The maximum Gasteiger partial charge on any atom is 0.326 e. The number of amides is 6. The van der Waals surface area contributed by atoms with Gasteiger partial charge in [0.1, 0.15) is 12.1 Å². The van der Waals surface area contributed by atoms with Crippen molar-refractivity contribution in [1.82, 2.24) is 45.6 Å². The highest BCUT2D eigenvalue weighted by Crippen LogP contribution is 2.19. The summed E-state index contributed by atoms with van der Waals surface area (Å²) in [5.41, 5.74) is 1.57. The second-order valence-corrected chi connectivity index (χ2v) is 12.5. The summed E-state index contributed by atoms with van der Waals surface area (Å²) in [6.07, 6.45) is 2.05. The molecule has 2 atom stereocenters. The number of hydrogen-bond donors (Lipinski definition) is 6. The zero-order valence-electron chi connectivity index (χ0n) is 30.3. The van der Waals surface area contributed by atoms with Crippen molar-refractivity contribution in [2.24, 2.45) is 0 Å². The van der Waals surface area contributed by atoms with Gasteiger partial charge in [-0.15, -0.1) is 5.10 Å². The van der Waals surface area contributed by atoms with Crippen LogP contribution in [-0.2, 0) is 20.8 Å². The number of carbonyl (C=O) groups is 7. The Labute approximate surface area is 310 Å². The number of benzene rings is 1. The van der Waals surface area contributed by atoms with Crippen LogP contribution >= 0.6 is 0 Å². The van der Waals surface area contributed by atoms with Crippen LogP contribution in [0.1, 0.15) is 78.8 Å². The van der Waals surface area contributed by atoms with Crippen molar-refractivity contribution in [2.75, 3.05) is 52.5 Å². The van der Waals surface area contributed by atoms with E-state index in [-0.39, 0.29) is 75.4 Å². The number of halogens is 1. The predicted octanol–water partition coefficient (Wildman–Crippen LogP) is 1.36. The first kappa shape index (κ1) is 42.6. The summed E-state index contributed by atoms with van der Waals surface area (Å²) in [5, 5.41) is 42.6. The summed E-state index contributed by atoms with van der Waals surface area (Å²) < 4.78 is 14.1. The summed E-state index contributed by atoms with van der Waals surface area (Å²) in [7, 11) is 0. The van der Waals surface area contributed by atoms with Crippen LogP contribution in [0.5, 0.6) is 0 Å². The van der Waals surface area contributed by atoms with Crippen LogP contribution in [0.2, 0.25) is 0 Å². The van der Waals surface area contributed by atoms with Gasteiger partial charge in [-0.3, -0.25) is 18.8 Å². The van der Waals surface area contributed by atoms with E-state index in [9.17, 15) is 48.2 Å². The Balaban J connectivity index is 1.53. The smallest absolute Gasteiger partial charge is 0.326 e. The molecule has 2 unspecified atom stereocenters. The average molecular weight is 762 g/mol. The summed E-state index contributed by atoms with van der Waals surface area (Å²) in [6, 6.07) is 0.471. The number of hydrogen-bond acceptors (Lipinski definition) is 9. The molecule has 6 N–H and O–H groups in total. The lowest BCUT2D eigenvalue weighted by Crippen LogP contribution is -2.53. The Morgan fingerprint density at radius 1 is 0.833 bits per heavy atom. The van der Waals surface area contributed by atoms with Gasteiger partial charge in [-0.2, -0.15) is 0 Å². The summed E-state index contributed by atoms with van der Waals surface area (Å²) in [6.45, 7) is 5.25. The van der Waals surface area contributed by atoms with Crippen LogP contribution in [0, 0.1) is 0 Å². The Bertz CT molecular complexity index is 1640. The van der Waals surface area contributed by atoms with Gasteiger partial charge in [0.2, 0.25) is 0 Å². The van der Waals surface area contributed by atoms with Crippen LogP contribution < -0.4 is 16.0 Å². The fourth-order valence-corrected chi connectivity index (χ4v) is 5.69. The van der Waals surface area contributed by atoms with Crippen molar-refractivity contribution in [2.45, 2.75) is 70.9 Å². The van der Waals surface area contributed by atoms with E-state index in [4.69, 9.17) is 5.11 Å². The van der Waals surface area contributed by atoms with Gasteiger partial charge in [0, 0.05) is 63.4 Å². The molecule has 19 nitrogen and oxygen atoms in total. The molecule has 0 aliphatic carbocycles. The molecule has 3 rings (SSSR count). The number of carboxylic acid groups (broad SMARTS) is 3. The monoisotopic (exact) mass is 761 g/mol. The Morgan fingerprint density at radius 3 is 2.04 bits per heavy atom. The van der Waals surface area contributed by atoms with Crippen molar-refractivity contribution < 1.29 is 53.3 Å². The lowest BCUT2D eigenvalue weighted by molar-refractivity contribution is -0.140. The zero-order valence-corrected chi connectivity index (χ0v) is 30.3. The second kappa shape index (κ2) is 21.0. The van der Waals surface area contributed by atoms with E-state index < -0.39 is 49.1 Å². The average Bonchev–Trinajstić information content (AvgIpc) is 3.63. The minimum Gasteiger partial charge on any atom is -0.481 e. The molecule has 0 radical (unpaired) electrons. The summed E-state index contributed by atoms with van der Waals surface area (Å²) in [5.74, 6) is -4.65. The van der Waals surface area contributed by atoms with E-state index in [0.717, 1.165) is 0 Å². The van der Waals surface area contributed by atoms with Crippen molar-refractivity contribution in [3.8, 4) is 5.69 Å². The lowest BCUT2D eigenvalue weighted by atomic mass is 10.1. The molecule has 54 heavy (non-hydrogen) atoms. The number of nitrogens with zero attached hydrogens (tertiary/aromatic N) is 6. The van der Waals surface area contributed by atoms with E-state index >= 15 is 0 Å². The van der Waals surface area contributed by atoms with Crippen LogP contribution in [0.3, 0.4) is 0 Å². The van der Waals surface area contributed by atoms with Gasteiger partial charge in [-0.25, -0.2) is 23.9 Å². The van der Waals surface area contributed by atoms with Gasteiger partial charge in [-0.05, 0) is 70.6 Å². The van der Waals surface area contributed by atoms with E-state index in [0.29, 0.717) is 49.3 Å². The molecular formula is C34H48FN9O10. The standard InChI is InChI=1S/C34H48FN9O10/c1-3-41(4-2)29(47)22-18-23(20-25(19-22)44-21-24(39-40-44)8-7-12-35)30(48)42-14-16-43(17-15-42)34(54)36-13-6-5-9-26(31(49)50)37-33(53)38-27(32(51)52)10-11-28(45)46/h18-21,26-27H,3-17H2,1-2H3,(H,36,54)(H,45,46)(H,49,50)(H,51,52)(H2,37,38,53). The topological polar surface area (TPSA) is 257 Å². The molecule has 0 spiro atoms. The molecule has 1 aromatic heterocycles. The van der Waals surface area contributed by atoms with E-state index in [2.05, 4.69) is 26.3 Å². The Morgan fingerprint density at radius 2 is 1.44 bits per heavy atom. The molecule has 20 heteroatoms. The summed E-state index contributed by atoms with van der Waals surface area (Å²) >= 11 is 0. The third-order valence-corrected chi connectivity index (χ3v) is 8.74. The first-order valence-electron chi connectivity index (χ1n) is 17.8. The minimum absolute atomic E-state index is 0.0209. The molecule has 1 fully saturated rings. The first-order chi connectivity index (χ1) is 25.8. The quantitative estimate of drug-likeness (QED) is 0.105. The molecule has 0 bridgehead atoms. The summed E-state index contributed by atoms with van der Waals surface area (Å²) in [4.78, 5) is 90.5. The number of unbranched alkanes of at least 4 members (excludes halogenated alkanes) is 1. The van der Waals surface area contributed by atoms with Crippen molar-refractivity contribution in [3.05, 3.63) is 41.2 Å². The van der Waals surface area contributed by atoms with Crippen LogP contribution in [0.15, 0.2) is 24.4 Å². The molecule has 0 saturated carbocycles. The number of carboxylic acids is 3. The van der Waals surface area contributed by atoms with Crippen LogP contribution in [0.4, 0.5) is 14.0 Å². The number of nitrogens with one attached hydrogen (secondary N) is 3. The fraction of sp³-hybridized carbons (Fsp3) is 0.559. The SMILES string of the molecule is CCN(CC)C(=O)c1cc(C(=O)N2CCN(C(=O)NCCCCC(NC(=O)NC(CCC(=O)O)C(=O)O)C(=O)O)CC2)cc(-n2cc(CCCF)nn2)c1. The molecule has 1 aliphatic rings. The number of aliphatic carboxylic acids is 3. The van der Waals surface area contributed by atoms with Gasteiger partial charge in [-0.1, -0.05) is 5.21 Å². The third kappa shape index (κ3) is 12.7. The highest BCUT2D eigenvalue weighted by Gasteiger charge is 2.28. The molecule has 296 valence electrons. The van der Waals surface area contributed by atoms with Gasteiger partial charge >= 0.3 is 30.0 Å². The molecule has 2 aromatic rings. The van der Waals surface area contributed by atoms with Gasteiger partial charge in [0.15, 0.2) is 0 Å². The number of aromatic nitrogens is 3. The van der Waals surface area contributed by atoms with Crippen LogP contribution in [-0.4, -0.2) is 151 Å². The highest BCUT2D eigenvalue weighted by atomic mass is 19.1. The molecule has 2 heterocycles. The van der Waals surface area contributed by atoms with Crippen molar-refractivity contribution in [3.63, 3.8) is 0 Å². The maximum atomic E-state index is 13.7. The van der Waals surface area contributed by atoms with Gasteiger partial charge in [0.05, 0.1) is 24.3 Å². The molecule has 1 saturated heterocycles. The number of aryl methyl sites for hydroxylation is 1. The third-order valence-electron chi connectivity index (χ3n) is 8.74. The molecule has 6 amide bonds. The number of urea groups is 2. The van der Waals surface area contributed by atoms with Gasteiger partial charge in [0.25, 0.3) is 11.8 Å². The molecule has 1 aliphatic heterocycles. The number of rotatable bonds is 20. The molecule has 1 aromatic carbocycles. The maximum absolute atomic E-state index is 13.7. The van der Waals surface area contributed by atoms with Crippen LogP contribution in [0.25, 0.3) is 5.69 Å². The lowest BCUT2D eigenvalue weighted by Gasteiger charge is -2.35. The number of carbonyl (C=O) groups excluding carboxylic acids is 4. The Hall–Kier alpha value is -5.82. The van der Waals surface area contributed by atoms with E-state index in [1.807, 2.05) is 13.8 Å². The number of alkyl halides is 1. The zero-order chi connectivity index (χ0) is 39.8. The normalized spacial score (nSPS) is 13.8. The van der Waals surface area contributed by atoms with Crippen molar-refractivity contribution in [1.29, 1.82) is 0 Å².